The second-order valence-electron chi connectivity index (χ2n) is 4.50. The highest BCUT2D eigenvalue weighted by atomic mass is 32.2. The second kappa shape index (κ2) is 6.67. The zero-order valence-corrected chi connectivity index (χ0v) is 13.0. The van der Waals surface area contributed by atoms with E-state index in [9.17, 15) is 8.42 Å². The molecule has 0 aliphatic rings. The molecule has 0 fully saturated rings. The van der Waals surface area contributed by atoms with Crippen LogP contribution in [0.15, 0.2) is 29.3 Å². The molecule has 2 rings (SSSR count). The molecule has 0 atom stereocenters. The maximum absolute atomic E-state index is 10.8. The van der Waals surface area contributed by atoms with Crippen molar-refractivity contribution in [3.63, 3.8) is 0 Å². The third-order valence-electron chi connectivity index (χ3n) is 2.95. The van der Waals surface area contributed by atoms with E-state index in [0.717, 1.165) is 23.5 Å². The van der Waals surface area contributed by atoms with Crippen molar-refractivity contribution in [2.75, 3.05) is 0 Å². The van der Waals surface area contributed by atoms with Crippen molar-refractivity contribution < 1.29 is 13.0 Å². The van der Waals surface area contributed by atoms with Crippen LogP contribution in [0.3, 0.4) is 0 Å². The van der Waals surface area contributed by atoms with Crippen LogP contribution >= 0.6 is 0 Å². The molecule has 0 aliphatic heterocycles. The molecule has 1 heterocycles. The molecule has 20 heavy (non-hydrogen) atoms. The lowest BCUT2D eigenvalue weighted by atomic mass is 10.1. The van der Waals surface area contributed by atoms with Gasteiger partial charge in [-0.15, -0.1) is 0 Å². The molecule has 0 bridgehead atoms. The van der Waals surface area contributed by atoms with Gasteiger partial charge in [-0.2, -0.15) is 8.42 Å². The number of nitrogens with zero attached hydrogens (tertiary/aromatic N) is 1. The molecule has 2 aromatic rings. The average Bonchev–Trinajstić information content (AvgIpc) is 2.78. The Kier molecular flexibility index (Phi) is 5.47. The summed E-state index contributed by atoms with van der Waals surface area (Å²) >= 11 is 0. The Morgan fingerprint density at radius 1 is 1.25 bits per heavy atom. The van der Waals surface area contributed by atoms with Crippen molar-refractivity contribution in [2.45, 2.75) is 39.0 Å². The van der Waals surface area contributed by atoms with Crippen LogP contribution in [0.5, 0.6) is 0 Å². The Morgan fingerprint density at radius 3 is 2.25 bits per heavy atom. The fraction of sp³-hybridized carbons (Fsp3) is 0.357. The summed E-state index contributed by atoms with van der Waals surface area (Å²) in [5, 5.41) is 0. The molecule has 2 N–H and O–H groups in total. The van der Waals surface area contributed by atoms with E-state index < -0.39 is 10.1 Å². The molecule has 5 nitrogen and oxygen atoms in total. The average molecular weight is 296 g/mol. The molecular weight excluding hydrogens is 276 g/mol. The number of aromatic amines is 1. The summed E-state index contributed by atoms with van der Waals surface area (Å²) in [7, 11) is -4.06. The quantitative estimate of drug-likeness (QED) is 0.835. The van der Waals surface area contributed by atoms with Crippen molar-refractivity contribution in [3.8, 4) is 0 Å². The third kappa shape index (κ3) is 4.47. The normalized spacial score (nSPS) is 10.8. The van der Waals surface area contributed by atoms with Gasteiger partial charge in [0.1, 0.15) is 5.82 Å². The largest absolute Gasteiger partial charge is 0.349 e. The first kappa shape index (κ1) is 16.4. The van der Waals surface area contributed by atoms with E-state index in [1.807, 2.05) is 13.1 Å². The number of imidazole rings is 1. The third-order valence-corrected chi connectivity index (χ3v) is 3.95. The van der Waals surface area contributed by atoms with Crippen LogP contribution in [-0.4, -0.2) is 22.9 Å². The molecule has 0 saturated heterocycles. The number of hydrogen-bond acceptors (Lipinski definition) is 3. The molecular formula is C14H20N2O3S. The van der Waals surface area contributed by atoms with Gasteiger partial charge in [-0.3, -0.25) is 4.55 Å². The lowest BCUT2D eigenvalue weighted by Crippen LogP contribution is -2.01. The minimum Gasteiger partial charge on any atom is -0.349 e. The van der Waals surface area contributed by atoms with Crippen LogP contribution in [0, 0.1) is 20.8 Å². The fourth-order valence-corrected chi connectivity index (χ4v) is 2.45. The molecule has 0 amide bonds. The number of rotatable bonds is 2. The molecule has 0 unspecified atom stereocenters. The van der Waals surface area contributed by atoms with Crippen LogP contribution in [0.4, 0.5) is 0 Å². The summed E-state index contributed by atoms with van der Waals surface area (Å²) in [4.78, 5) is 7.17. The van der Waals surface area contributed by atoms with Crippen molar-refractivity contribution in [3.05, 3.63) is 47.0 Å². The monoisotopic (exact) mass is 296 g/mol. The first-order chi connectivity index (χ1) is 9.25. The van der Waals surface area contributed by atoms with Crippen molar-refractivity contribution in [1.82, 2.24) is 9.97 Å². The van der Waals surface area contributed by atoms with E-state index in [4.69, 9.17) is 4.55 Å². The SMILES string of the molecule is CCc1c[nH]c(C)n1.Cc1cccc(S(=O)(=O)O)c1C. The van der Waals surface area contributed by atoms with Crippen molar-refractivity contribution in [2.24, 2.45) is 0 Å². The highest BCUT2D eigenvalue weighted by Crippen LogP contribution is 2.17. The van der Waals surface area contributed by atoms with Crippen LogP contribution in [0.1, 0.15) is 29.6 Å². The lowest BCUT2D eigenvalue weighted by molar-refractivity contribution is 0.482. The molecule has 1 aromatic heterocycles. The molecule has 6 heteroatoms. The van der Waals surface area contributed by atoms with Crippen molar-refractivity contribution in [1.29, 1.82) is 0 Å². The Bertz CT molecular complexity index is 675. The molecule has 0 saturated carbocycles. The van der Waals surface area contributed by atoms with Crippen LogP contribution in [0.25, 0.3) is 0 Å². The number of H-pyrrole nitrogens is 1. The van der Waals surface area contributed by atoms with Crippen molar-refractivity contribution >= 4 is 10.1 Å². The highest BCUT2D eigenvalue weighted by Gasteiger charge is 2.12. The molecule has 0 spiro atoms. The topological polar surface area (TPSA) is 83.0 Å². The van der Waals surface area contributed by atoms with E-state index in [-0.39, 0.29) is 4.90 Å². The molecule has 110 valence electrons. The highest BCUT2D eigenvalue weighted by molar-refractivity contribution is 7.85. The number of aryl methyl sites for hydroxylation is 3. The van der Waals surface area contributed by atoms with Gasteiger partial charge in [-0.05, 0) is 44.4 Å². The Balaban J connectivity index is 0.000000217. The summed E-state index contributed by atoms with van der Waals surface area (Å²) in [6.07, 6.45) is 2.96. The predicted molar refractivity (Wildman–Crippen MR) is 78.4 cm³/mol. The van der Waals surface area contributed by atoms with Gasteiger partial charge in [-0.25, -0.2) is 4.98 Å². The van der Waals surface area contributed by atoms with E-state index in [1.54, 1.807) is 26.0 Å². The van der Waals surface area contributed by atoms with Crippen LogP contribution < -0.4 is 0 Å². The Morgan fingerprint density at radius 2 is 1.90 bits per heavy atom. The van der Waals surface area contributed by atoms with E-state index in [1.165, 1.54) is 6.07 Å². The van der Waals surface area contributed by atoms with Gasteiger partial charge < -0.3 is 4.98 Å². The predicted octanol–water partition coefficient (Wildman–Crippen LogP) is 2.83. The van der Waals surface area contributed by atoms with Gasteiger partial charge in [0.25, 0.3) is 10.1 Å². The minimum atomic E-state index is -4.06. The summed E-state index contributed by atoms with van der Waals surface area (Å²) in [6, 6.07) is 4.78. The molecule has 0 radical (unpaired) electrons. The van der Waals surface area contributed by atoms with Gasteiger partial charge >= 0.3 is 0 Å². The Hall–Kier alpha value is -1.66. The second-order valence-corrected chi connectivity index (χ2v) is 5.89. The zero-order chi connectivity index (χ0) is 15.3. The smallest absolute Gasteiger partial charge is 0.294 e. The number of aromatic nitrogens is 2. The van der Waals surface area contributed by atoms with Gasteiger partial charge in [-0.1, -0.05) is 19.1 Å². The lowest BCUT2D eigenvalue weighted by Gasteiger charge is -2.03. The fourth-order valence-electron chi connectivity index (χ4n) is 1.65. The maximum Gasteiger partial charge on any atom is 0.294 e. The summed E-state index contributed by atoms with van der Waals surface area (Å²) in [5.41, 5.74) is 2.59. The van der Waals surface area contributed by atoms with E-state index in [0.29, 0.717) is 5.56 Å². The van der Waals surface area contributed by atoms with Gasteiger partial charge in [0, 0.05) is 6.20 Å². The van der Waals surface area contributed by atoms with E-state index >= 15 is 0 Å². The van der Waals surface area contributed by atoms with Gasteiger partial charge in [0.15, 0.2) is 0 Å². The molecule has 0 aliphatic carbocycles. The molecule has 1 aromatic carbocycles. The number of nitrogens with one attached hydrogen (secondary N) is 1. The first-order valence-corrected chi connectivity index (χ1v) is 7.74. The van der Waals surface area contributed by atoms with Gasteiger partial charge in [0.2, 0.25) is 0 Å². The van der Waals surface area contributed by atoms with Gasteiger partial charge in [0.05, 0.1) is 10.6 Å². The van der Waals surface area contributed by atoms with Crippen LogP contribution in [-0.2, 0) is 16.5 Å². The summed E-state index contributed by atoms with van der Waals surface area (Å²) in [6.45, 7) is 7.51. The first-order valence-electron chi connectivity index (χ1n) is 6.30. The standard InChI is InChI=1S/C8H10O3S.C6H10N2/c1-6-4-3-5-8(7(6)2)12(9,10)11;1-3-6-4-7-5(2)8-6/h3-5H,1-2H3,(H,9,10,11);4H,3H2,1-2H3,(H,7,8). The number of benzene rings is 1. The summed E-state index contributed by atoms with van der Waals surface area (Å²) in [5.74, 6) is 1.00. The Labute approximate surface area is 119 Å². The van der Waals surface area contributed by atoms with E-state index in [2.05, 4.69) is 16.9 Å². The zero-order valence-electron chi connectivity index (χ0n) is 12.1. The van der Waals surface area contributed by atoms with Crippen LogP contribution in [0.2, 0.25) is 0 Å². The number of hydrogen-bond donors (Lipinski definition) is 2. The minimum absolute atomic E-state index is 0.0116. The summed E-state index contributed by atoms with van der Waals surface area (Å²) < 4.78 is 30.3. The maximum atomic E-state index is 10.8.